The Bertz CT molecular complexity index is 257. The molecule has 0 amide bonds. The Hall–Kier alpha value is 0.270. The van der Waals surface area contributed by atoms with Crippen LogP contribution in [0.25, 0.3) is 0 Å². The van der Waals surface area contributed by atoms with Crippen molar-refractivity contribution in [3.05, 3.63) is 0 Å². The molecule has 19 heavy (non-hydrogen) atoms. The van der Waals surface area contributed by atoms with Gasteiger partial charge in [-0.1, -0.05) is 20.8 Å². The van der Waals surface area contributed by atoms with Crippen LogP contribution in [0.15, 0.2) is 0 Å². The maximum absolute atomic E-state index is 3.64. The van der Waals surface area contributed by atoms with Gasteiger partial charge in [0.25, 0.3) is 0 Å². The Morgan fingerprint density at radius 3 is 2.84 bits per heavy atom. The van der Waals surface area contributed by atoms with Crippen molar-refractivity contribution in [3.63, 3.8) is 0 Å². The van der Waals surface area contributed by atoms with Crippen LogP contribution < -0.4 is 5.32 Å². The van der Waals surface area contributed by atoms with Crippen molar-refractivity contribution < 1.29 is 0 Å². The Labute approximate surface area is 124 Å². The van der Waals surface area contributed by atoms with Crippen molar-refractivity contribution in [1.29, 1.82) is 0 Å². The maximum Gasteiger partial charge on any atom is 0.0106 e. The van der Waals surface area contributed by atoms with E-state index in [1.165, 1.54) is 57.6 Å². The van der Waals surface area contributed by atoms with Gasteiger partial charge in [0.15, 0.2) is 0 Å². The van der Waals surface area contributed by atoms with Crippen LogP contribution in [0.5, 0.6) is 0 Å². The van der Waals surface area contributed by atoms with Gasteiger partial charge in [-0.15, -0.1) is 0 Å². The van der Waals surface area contributed by atoms with Crippen molar-refractivity contribution in [3.8, 4) is 0 Å². The van der Waals surface area contributed by atoms with E-state index in [1.807, 2.05) is 0 Å². The minimum Gasteiger partial charge on any atom is -0.316 e. The molecule has 3 unspecified atom stereocenters. The summed E-state index contributed by atoms with van der Waals surface area (Å²) in [4.78, 5) is 2.79. The minimum atomic E-state index is 0.777. The highest BCUT2D eigenvalue weighted by Crippen LogP contribution is 2.34. The summed E-state index contributed by atoms with van der Waals surface area (Å²) in [6, 6.07) is 0.902. The van der Waals surface area contributed by atoms with E-state index in [0.29, 0.717) is 0 Å². The van der Waals surface area contributed by atoms with Gasteiger partial charge < -0.3 is 10.2 Å². The summed E-state index contributed by atoms with van der Waals surface area (Å²) in [6.07, 6.45) is 5.76. The van der Waals surface area contributed by atoms with Crippen molar-refractivity contribution in [2.24, 2.45) is 11.8 Å². The Morgan fingerprint density at radius 2 is 2.11 bits per heavy atom. The average Bonchev–Trinajstić information content (AvgIpc) is 2.98. The van der Waals surface area contributed by atoms with Crippen molar-refractivity contribution in [2.75, 3.05) is 31.9 Å². The molecule has 3 heteroatoms. The molecule has 1 N–H and O–H groups in total. The lowest BCUT2D eigenvalue weighted by Crippen LogP contribution is -2.33. The predicted molar refractivity (Wildman–Crippen MR) is 86.9 cm³/mol. The summed E-state index contributed by atoms with van der Waals surface area (Å²) >= 11 is 2.18. The van der Waals surface area contributed by atoms with Gasteiger partial charge in [-0.3, -0.25) is 0 Å². The monoisotopic (exact) mass is 284 g/mol. The predicted octanol–water partition coefficient (Wildman–Crippen LogP) is 3.23. The maximum atomic E-state index is 3.64. The van der Waals surface area contributed by atoms with Gasteiger partial charge in [0.1, 0.15) is 0 Å². The normalized spacial score (nSPS) is 32.5. The Morgan fingerprint density at radius 1 is 1.26 bits per heavy atom. The summed E-state index contributed by atoms with van der Waals surface area (Å²) in [7, 11) is 0. The molecule has 0 spiro atoms. The van der Waals surface area contributed by atoms with E-state index in [1.54, 1.807) is 0 Å². The van der Waals surface area contributed by atoms with E-state index in [0.717, 1.165) is 23.1 Å². The lowest BCUT2D eigenvalue weighted by atomic mass is 10.1. The van der Waals surface area contributed by atoms with Crippen molar-refractivity contribution in [2.45, 2.75) is 57.7 Å². The van der Waals surface area contributed by atoms with Gasteiger partial charge in [0.05, 0.1) is 0 Å². The van der Waals surface area contributed by atoms with Gasteiger partial charge >= 0.3 is 0 Å². The highest BCUT2D eigenvalue weighted by atomic mass is 32.2. The summed E-state index contributed by atoms with van der Waals surface area (Å²) in [5, 5.41) is 4.59. The summed E-state index contributed by atoms with van der Waals surface area (Å²) < 4.78 is 0. The first-order valence-corrected chi connectivity index (χ1v) is 9.30. The fourth-order valence-corrected chi connectivity index (χ4v) is 4.71. The second-order valence-electron chi connectivity index (χ2n) is 6.75. The van der Waals surface area contributed by atoms with E-state index in [-0.39, 0.29) is 0 Å². The number of thioether (sulfide) groups is 1. The number of rotatable bonds is 7. The van der Waals surface area contributed by atoms with Gasteiger partial charge in [-0.05, 0) is 62.9 Å². The van der Waals surface area contributed by atoms with Crippen LogP contribution in [-0.2, 0) is 0 Å². The molecular weight excluding hydrogens is 252 g/mol. The number of nitrogens with one attached hydrogen (secondary N) is 1. The molecule has 2 rings (SSSR count). The van der Waals surface area contributed by atoms with E-state index in [9.17, 15) is 0 Å². The second kappa shape index (κ2) is 7.90. The first kappa shape index (κ1) is 15.7. The third-order valence-corrected chi connectivity index (χ3v) is 5.81. The van der Waals surface area contributed by atoms with Crippen molar-refractivity contribution in [1.82, 2.24) is 10.2 Å². The second-order valence-corrected chi connectivity index (χ2v) is 8.32. The molecule has 0 radical (unpaired) electrons. The molecule has 2 aliphatic rings. The van der Waals surface area contributed by atoms with Crippen LogP contribution in [0, 0.1) is 11.8 Å². The largest absolute Gasteiger partial charge is 0.316 e. The molecule has 0 aromatic heterocycles. The van der Waals surface area contributed by atoms with Crippen LogP contribution >= 0.6 is 11.8 Å². The molecule has 0 aromatic rings. The Balaban J connectivity index is 1.65. The van der Waals surface area contributed by atoms with Gasteiger partial charge in [0.2, 0.25) is 0 Å². The quantitative estimate of drug-likeness (QED) is 0.773. The van der Waals surface area contributed by atoms with Crippen LogP contribution in [-0.4, -0.2) is 48.1 Å². The Kier molecular flexibility index (Phi) is 6.51. The molecule has 1 saturated carbocycles. The topological polar surface area (TPSA) is 15.3 Å². The molecule has 1 heterocycles. The fraction of sp³-hybridized carbons (Fsp3) is 1.00. The smallest absolute Gasteiger partial charge is 0.0106 e. The zero-order valence-corrected chi connectivity index (χ0v) is 13.8. The summed E-state index contributed by atoms with van der Waals surface area (Å²) in [6.45, 7) is 12.0. The third kappa shape index (κ3) is 4.95. The highest BCUT2D eigenvalue weighted by Gasteiger charge is 2.33. The molecule has 2 fully saturated rings. The fourth-order valence-electron chi connectivity index (χ4n) is 3.57. The standard InChI is InChI=1S/C16H32N2S/c1-4-19-16-6-5-15(9-16)18-8-7-14(12-18)11-17-10-13(2)3/h13-17H,4-12H2,1-3H3. The SMILES string of the molecule is CCSC1CCC(N2CCC(CNCC(C)C)C2)C1. The van der Waals surface area contributed by atoms with E-state index in [2.05, 4.69) is 42.7 Å². The van der Waals surface area contributed by atoms with E-state index < -0.39 is 0 Å². The van der Waals surface area contributed by atoms with Crippen LogP contribution in [0.1, 0.15) is 46.5 Å². The molecular formula is C16H32N2S. The molecule has 2 nitrogen and oxygen atoms in total. The van der Waals surface area contributed by atoms with Crippen LogP contribution in [0.3, 0.4) is 0 Å². The molecule has 1 aliphatic carbocycles. The zero-order valence-electron chi connectivity index (χ0n) is 13.0. The first-order valence-electron chi connectivity index (χ1n) is 8.25. The minimum absolute atomic E-state index is 0.777. The molecule has 0 aromatic carbocycles. The number of hydrogen-bond acceptors (Lipinski definition) is 3. The first-order chi connectivity index (χ1) is 9.19. The summed E-state index contributed by atoms with van der Waals surface area (Å²) in [5.74, 6) is 2.97. The number of likely N-dealkylation sites (tertiary alicyclic amines) is 1. The summed E-state index contributed by atoms with van der Waals surface area (Å²) in [5.41, 5.74) is 0. The lowest BCUT2D eigenvalue weighted by Gasteiger charge is -2.24. The molecule has 1 aliphatic heterocycles. The van der Waals surface area contributed by atoms with Crippen LogP contribution in [0.2, 0.25) is 0 Å². The van der Waals surface area contributed by atoms with E-state index in [4.69, 9.17) is 0 Å². The van der Waals surface area contributed by atoms with Gasteiger partial charge in [-0.2, -0.15) is 11.8 Å². The van der Waals surface area contributed by atoms with E-state index >= 15 is 0 Å². The molecule has 112 valence electrons. The molecule has 3 atom stereocenters. The lowest BCUT2D eigenvalue weighted by molar-refractivity contribution is 0.236. The average molecular weight is 285 g/mol. The third-order valence-electron chi connectivity index (χ3n) is 4.58. The number of nitrogens with zero attached hydrogens (tertiary/aromatic N) is 1. The molecule has 1 saturated heterocycles. The number of hydrogen-bond donors (Lipinski definition) is 1. The molecule has 0 bridgehead atoms. The highest BCUT2D eigenvalue weighted by molar-refractivity contribution is 7.99. The van der Waals surface area contributed by atoms with Gasteiger partial charge in [0, 0.05) is 17.8 Å². The van der Waals surface area contributed by atoms with Crippen LogP contribution in [0.4, 0.5) is 0 Å². The zero-order chi connectivity index (χ0) is 13.7. The van der Waals surface area contributed by atoms with Gasteiger partial charge in [-0.25, -0.2) is 0 Å². The van der Waals surface area contributed by atoms with Crippen molar-refractivity contribution >= 4 is 11.8 Å².